The van der Waals surface area contributed by atoms with Crippen LogP contribution in [-0.4, -0.2) is 26.7 Å². The van der Waals surface area contributed by atoms with Crippen LogP contribution in [0.1, 0.15) is 41.9 Å². The molecule has 1 unspecified atom stereocenters. The molecule has 5 heteroatoms. The summed E-state index contributed by atoms with van der Waals surface area (Å²) in [4.78, 5) is 16.4. The van der Waals surface area contributed by atoms with Crippen LogP contribution < -0.4 is 5.32 Å². The molecule has 0 fully saturated rings. The van der Waals surface area contributed by atoms with Gasteiger partial charge in [0.1, 0.15) is 0 Å². The van der Waals surface area contributed by atoms with E-state index in [1.54, 1.807) is 12.4 Å². The van der Waals surface area contributed by atoms with Crippen molar-refractivity contribution in [3.63, 3.8) is 0 Å². The third-order valence-electron chi connectivity index (χ3n) is 3.43. The molecule has 5 nitrogen and oxygen atoms in total. The summed E-state index contributed by atoms with van der Waals surface area (Å²) in [6, 6.07) is 3.97. The molecule has 0 aliphatic carbocycles. The molecule has 0 aliphatic rings. The van der Waals surface area contributed by atoms with Gasteiger partial charge in [0.05, 0.1) is 11.8 Å². The lowest BCUT2D eigenvalue weighted by Crippen LogP contribution is -2.34. The highest BCUT2D eigenvalue weighted by Gasteiger charge is 2.16. The first-order chi connectivity index (χ1) is 10.1. The molecule has 2 rings (SSSR count). The molecule has 21 heavy (non-hydrogen) atoms. The molecule has 0 saturated heterocycles. The normalized spacial score (nSPS) is 12.1. The van der Waals surface area contributed by atoms with Crippen molar-refractivity contribution in [3.8, 4) is 0 Å². The van der Waals surface area contributed by atoms with Crippen LogP contribution in [0, 0.1) is 6.92 Å². The number of nitrogens with one attached hydrogen (secondary N) is 1. The second kappa shape index (κ2) is 7.02. The molecule has 0 radical (unpaired) electrons. The van der Waals surface area contributed by atoms with Crippen molar-refractivity contribution in [1.82, 2.24) is 20.1 Å². The number of rotatable bonds is 6. The van der Waals surface area contributed by atoms with E-state index in [1.807, 2.05) is 36.9 Å². The first kappa shape index (κ1) is 15.2. The van der Waals surface area contributed by atoms with Crippen LogP contribution >= 0.6 is 0 Å². The molecule has 0 aromatic carbocycles. The Morgan fingerprint density at radius 2 is 2.24 bits per heavy atom. The van der Waals surface area contributed by atoms with Gasteiger partial charge < -0.3 is 5.32 Å². The zero-order valence-electron chi connectivity index (χ0n) is 12.8. The summed E-state index contributed by atoms with van der Waals surface area (Å²) in [7, 11) is 0. The summed E-state index contributed by atoms with van der Waals surface area (Å²) in [6.07, 6.45) is 6.99. The van der Waals surface area contributed by atoms with E-state index >= 15 is 0 Å². The fourth-order valence-electron chi connectivity index (χ4n) is 2.33. The molecule has 1 amide bonds. The van der Waals surface area contributed by atoms with Crippen molar-refractivity contribution in [3.05, 3.63) is 47.5 Å². The molecule has 1 atom stereocenters. The Morgan fingerprint density at radius 3 is 2.90 bits per heavy atom. The molecule has 112 valence electrons. The summed E-state index contributed by atoms with van der Waals surface area (Å²) < 4.78 is 1.88. The van der Waals surface area contributed by atoms with E-state index in [1.165, 1.54) is 0 Å². The van der Waals surface area contributed by atoms with Crippen molar-refractivity contribution in [1.29, 1.82) is 0 Å². The van der Waals surface area contributed by atoms with Crippen molar-refractivity contribution < 1.29 is 4.79 Å². The molecule has 0 saturated carbocycles. The predicted octanol–water partition coefficient (Wildman–Crippen LogP) is 2.36. The van der Waals surface area contributed by atoms with Gasteiger partial charge in [-0.2, -0.15) is 5.10 Å². The van der Waals surface area contributed by atoms with Gasteiger partial charge in [-0.15, -0.1) is 0 Å². The largest absolute Gasteiger partial charge is 0.349 e. The summed E-state index contributed by atoms with van der Waals surface area (Å²) >= 11 is 0. The molecule has 0 bridgehead atoms. The minimum absolute atomic E-state index is 0.0515. The number of aromatic nitrogens is 3. The van der Waals surface area contributed by atoms with Gasteiger partial charge in [-0.05, 0) is 38.3 Å². The van der Waals surface area contributed by atoms with Gasteiger partial charge in [0.15, 0.2) is 0 Å². The Bertz CT molecular complexity index is 592. The van der Waals surface area contributed by atoms with Gasteiger partial charge in [0.25, 0.3) is 5.91 Å². The summed E-state index contributed by atoms with van der Waals surface area (Å²) in [5.41, 5.74) is 2.69. The fraction of sp³-hybridized carbons (Fsp3) is 0.438. The highest BCUT2D eigenvalue weighted by molar-refractivity contribution is 5.95. The van der Waals surface area contributed by atoms with E-state index in [0.29, 0.717) is 5.56 Å². The Labute approximate surface area is 125 Å². The molecule has 2 aromatic heterocycles. The van der Waals surface area contributed by atoms with Gasteiger partial charge in [-0.1, -0.05) is 13.0 Å². The third-order valence-corrected chi connectivity index (χ3v) is 3.43. The lowest BCUT2D eigenvalue weighted by atomic mass is 10.1. The molecule has 0 aliphatic heterocycles. The first-order valence-electron chi connectivity index (χ1n) is 7.34. The van der Waals surface area contributed by atoms with E-state index in [0.717, 1.165) is 30.6 Å². The van der Waals surface area contributed by atoms with Crippen LogP contribution in [0.2, 0.25) is 0 Å². The number of amides is 1. The van der Waals surface area contributed by atoms with Crippen LogP contribution in [0.4, 0.5) is 0 Å². The highest BCUT2D eigenvalue weighted by Crippen LogP contribution is 2.09. The lowest BCUT2D eigenvalue weighted by Gasteiger charge is -2.13. The molecular weight excluding hydrogens is 264 g/mol. The number of hydrogen-bond donors (Lipinski definition) is 1. The maximum absolute atomic E-state index is 12.3. The Morgan fingerprint density at radius 1 is 1.43 bits per heavy atom. The van der Waals surface area contributed by atoms with Gasteiger partial charge in [-0.3, -0.25) is 14.5 Å². The highest BCUT2D eigenvalue weighted by atomic mass is 16.1. The summed E-state index contributed by atoms with van der Waals surface area (Å²) in [5, 5.41) is 7.28. The van der Waals surface area contributed by atoms with Crippen LogP contribution in [0.25, 0.3) is 0 Å². The monoisotopic (exact) mass is 286 g/mol. The van der Waals surface area contributed by atoms with Crippen molar-refractivity contribution in [2.45, 2.75) is 46.2 Å². The number of nitrogens with zero attached hydrogens (tertiary/aromatic N) is 3. The second-order valence-corrected chi connectivity index (χ2v) is 5.31. The predicted molar refractivity (Wildman–Crippen MR) is 82.1 cm³/mol. The van der Waals surface area contributed by atoms with Crippen LogP contribution in [0.5, 0.6) is 0 Å². The van der Waals surface area contributed by atoms with Crippen molar-refractivity contribution in [2.24, 2.45) is 0 Å². The first-order valence-corrected chi connectivity index (χ1v) is 7.34. The average molecular weight is 286 g/mol. The third kappa shape index (κ3) is 3.90. The topological polar surface area (TPSA) is 59.8 Å². The standard InChI is InChI=1S/C16H22N4O/c1-4-8-20-13(3)15(11-18-20)16(21)19-12(2)9-14-6-5-7-17-10-14/h5-7,10-12H,4,8-9H2,1-3H3,(H,19,21). The molecular formula is C16H22N4O. The van der Waals surface area contributed by atoms with Crippen LogP contribution in [-0.2, 0) is 13.0 Å². The fourth-order valence-corrected chi connectivity index (χ4v) is 2.33. The maximum Gasteiger partial charge on any atom is 0.254 e. The minimum Gasteiger partial charge on any atom is -0.349 e. The van der Waals surface area contributed by atoms with Gasteiger partial charge in [0.2, 0.25) is 0 Å². The van der Waals surface area contributed by atoms with Gasteiger partial charge >= 0.3 is 0 Å². The number of carbonyl (C=O) groups excluding carboxylic acids is 1. The minimum atomic E-state index is -0.0637. The van der Waals surface area contributed by atoms with Gasteiger partial charge in [0, 0.05) is 30.7 Å². The molecule has 0 spiro atoms. The Kier molecular flexibility index (Phi) is 5.09. The maximum atomic E-state index is 12.3. The van der Waals surface area contributed by atoms with E-state index in [9.17, 15) is 4.79 Å². The van der Waals surface area contributed by atoms with Gasteiger partial charge in [-0.25, -0.2) is 0 Å². The second-order valence-electron chi connectivity index (χ2n) is 5.31. The van der Waals surface area contributed by atoms with Crippen molar-refractivity contribution in [2.75, 3.05) is 0 Å². The van der Waals surface area contributed by atoms with Crippen LogP contribution in [0.15, 0.2) is 30.7 Å². The van der Waals surface area contributed by atoms with E-state index in [2.05, 4.69) is 22.3 Å². The smallest absolute Gasteiger partial charge is 0.254 e. The van der Waals surface area contributed by atoms with E-state index < -0.39 is 0 Å². The number of carbonyl (C=O) groups is 1. The van der Waals surface area contributed by atoms with E-state index in [-0.39, 0.29) is 11.9 Å². The number of pyridine rings is 1. The summed E-state index contributed by atoms with van der Waals surface area (Å²) in [6.45, 7) is 6.86. The lowest BCUT2D eigenvalue weighted by molar-refractivity contribution is 0.0939. The van der Waals surface area contributed by atoms with E-state index in [4.69, 9.17) is 0 Å². The number of hydrogen-bond acceptors (Lipinski definition) is 3. The molecule has 1 N–H and O–H groups in total. The zero-order chi connectivity index (χ0) is 15.2. The zero-order valence-corrected chi connectivity index (χ0v) is 12.8. The summed E-state index contributed by atoms with van der Waals surface area (Å²) in [5.74, 6) is -0.0637. The molecule has 2 heterocycles. The quantitative estimate of drug-likeness (QED) is 0.886. The number of aryl methyl sites for hydroxylation is 1. The Hall–Kier alpha value is -2.17. The van der Waals surface area contributed by atoms with Crippen molar-refractivity contribution >= 4 is 5.91 Å². The van der Waals surface area contributed by atoms with Crippen LogP contribution in [0.3, 0.4) is 0 Å². The SMILES string of the molecule is CCCn1ncc(C(=O)NC(C)Cc2cccnc2)c1C. The molecule has 2 aromatic rings. The Balaban J connectivity index is 1.98. The average Bonchev–Trinajstić information content (AvgIpc) is 2.82.